The quantitative estimate of drug-likeness (QED) is 0.874. The van der Waals surface area contributed by atoms with Crippen LogP contribution in [-0.4, -0.2) is 9.78 Å². The number of nitrogens with two attached hydrogens (primary N) is 1. The molecule has 1 aliphatic carbocycles. The van der Waals surface area contributed by atoms with Crippen LogP contribution in [0, 0.1) is 5.82 Å². The largest absolute Gasteiger partial charge is 0.396 e. The van der Waals surface area contributed by atoms with Gasteiger partial charge in [0.2, 0.25) is 0 Å². The summed E-state index contributed by atoms with van der Waals surface area (Å²) in [4.78, 5) is 0. The molecule has 1 heterocycles. The second-order valence-electron chi connectivity index (χ2n) is 5.33. The SMILES string of the molecule is Nc1cn(C2CCCCC2)nc1-c1cc(Br)ccc1F. The fourth-order valence-corrected chi connectivity index (χ4v) is 3.19. The van der Waals surface area contributed by atoms with Crippen LogP contribution >= 0.6 is 15.9 Å². The number of benzene rings is 1. The van der Waals surface area contributed by atoms with Crippen LogP contribution in [0.3, 0.4) is 0 Å². The van der Waals surface area contributed by atoms with Gasteiger partial charge in [0.15, 0.2) is 0 Å². The second-order valence-corrected chi connectivity index (χ2v) is 6.24. The lowest BCUT2D eigenvalue weighted by Gasteiger charge is -2.21. The smallest absolute Gasteiger partial charge is 0.132 e. The zero-order chi connectivity index (χ0) is 14.1. The molecule has 0 spiro atoms. The summed E-state index contributed by atoms with van der Waals surface area (Å²) in [6.45, 7) is 0. The van der Waals surface area contributed by atoms with Crippen molar-refractivity contribution >= 4 is 21.6 Å². The van der Waals surface area contributed by atoms with Crippen molar-refractivity contribution in [2.24, 2.45) is 0 Å². The lowest BCUT2D eigenvalue weighted by atomic mass is 9.96. The van der Waals surface area contributed by atoms with Gasteiger partial charge in [0, 0.05) is 16.2 Å². The van der Waals surface area contributed by atoms with Crippen LogP contribution in [0.1, 0.15) is 38.1 Å². The van der Waals surface area contributed by atoms with Gasteiger partial charge in [0.25, 0.3) is 0 Å². The number of nitrogens with zero attached hydrogens (tertiary/aromatic N) is 2. The summed E-state index contributed by atoms with van der Waals surface area (Å²) in [7, 11) is 0. The summed E-state index contributed by atoms with van der Waals surface area (Å²) in [6.07, 6.45) is 7.84. The van der Waals surface area contributed by atoms with E-state index in [1.165, 1.54) is 25.3 Å². The van der Waals surface area contributed by atoms with Gasteiger partial charge >= 0.3 is 0 Å². The number of anilines is 1. The van der Waals surface area contributed by atoms with Crippen molar-refractivity contribution in [3.05, 3.63) is 34.7 Å². The maximum absolute atomic E-state index is 14.0. The van der Waals surface area contributed by atoms with Crippen LogP contribution in [0.2, 0.25) is 0 Å². The van der Waals surface area contributed by atoms with Crippen molar-refractivity contribution in [3.8, 4) is 11.3 Å². The molecule has 5 heteroatoms. The van der Waals surface area contributed by atoms with Gasteiger partial charge in [0.1, 0.15) is 11.5 Å². The third-order valence-electron chi connectivity index (χ3n) is 3.89. The normalized spacial score (nSPS) is 16.5. The number of aromatic nitrogens is 2. The molecule has 1 saturated carbocycles. The molecule has 0 aliphatic heterocycles. The van der Waals surface area contributed by atoms with Crippen molar-refractivity contribution in [3.63, 3.8) is 0 Å². The molecule has 1 aromatic carbocycles. The summed E-state index contributed by atoms with van der Waals surface area (Å²) < 4.78 is 16.7. The zero-order valence-electron chi connectivity index (χ0n) is 11.1. The van der Waals surface area contributed by atoms with Crippen LogP contribution in [-0.2, 0) is 0 Å². The average molecular weight is 338 g/mol. The minimum absolute atomic E-state index is 0.297. The van der Waals surface area contributed by atoms with E-state index in [1.54, 1.807) is 12.1 Å². The summed E-state index contributed by atoms with van der Waals surface area (Å²) in [5, 5.41) is 4.54. The number of halogens is 2. The molecule has 3 rings (SSSR count). The summed E-state index contributed by atoms with van der Waals surface area (Å²) in [6, 6.07) is 5.22. The van der Waals surface area contributed by atoms with Gasteiger partial charge in [-0.25, -0.2) is 4.39 Å². The summed E-state index contributed by atoms with van der Waals surface area (Å²) in [5.74, 6) is -0.297. The zero-order valence-corrected chi connectivity index (χ0v) is 12.7. The topological polar surface area (TPSA) is 43.8 Å². The standard InChI is InChI=1S/C15H17BrFN3/c16-10-6-7-13(17)12(8-10)15-14(18)9-20(19-15)11-4-2-1-3-5-11/h6-9,11H,1-5,18H2. The lowest BCUT2D eigenvalue weighted by molar-refractivity contribution is 0.330. The summed E-state index contributed by atoms with van der Waals surface area (Å²) in [5.41, 5.74) is 7.56. The van der Waals surface area contributed by atoms with E-state index in [2.05, 4.69) is 21.0 Å². The minimum atomic E-state index is -0.297. The van der Waals surface area contributed by atoms with Crippen LogP contribution in [0.15, 0.2) is 28.9 Å². The fourth-order valence-electron chi connectivity index (χ4n) is 2.83. The molecule has 1 fully saturated rings. The van der Waals surface area contributed by atoms with Crippen LogP contribution < -0.4 is 5.73 Å². The molecule has 1 aliphatic rings. The minimum Gasteiger partial charge on any atom is -0.396 e. The van der Waals surface area contributed by atoms with Crippen LogP contribution in [0.4, 0.5) is 10.1 Å². The molecule has 2 aromatic rings. The van der Waals surface area contributed by atoms with Crippen molar-refractivity contribution in [1.82, 2.24) is 9.78 Å². The van der Waals surface area contributed by atoms with Gasteiger partial charge in [-0.15, -0.1) is 0 Å². The van der Waals surface area contributed by atoms with E-state index in [-0.39, 0.29) is 5.82 Å². The highest BCUT2D eigenvalue weighted by Crippen LogP contribution is 2.33. The van der Waals surface area contributed by atoms with E-state index >= 15 is 0 Å². The van der Waals surface area contributed by atoms with Gasteiger partial charge in [-0.2, -0.15) is 5.10 Å². The molecule has 0 saturated heterocycles. The van der Waals surface area contributed by atoms with Crippen molar-refractivity contribution < 1.29 is 4.39 Å². The first-order valence-corrected chi connectivity index (χ1v) is 7.74. The molecule has 0 radical (unpaired) electrons. The van der Waals surface area contributed by atoms with Gasteiger partial charge in [-0.05, 0) is 31.0 Å². The van der Waals surface area contributed by atoms with E-state index < -0.39 is 0 Å². The Morgan fingerprint density at radius 3 is 2.75 bits per heavy atom. The van der Waals surface area contributed by atoms with Crippen LogP contribution in [0.5, 0.6) is 0 Å². The molecular weight excluding hydrogens is 321 g/mol. The van der Waals surface area contributed by atoms with E-state index in [1.807, 2.05) is 10.9 Å². The lowest BCUT2D eigenvalue weighted by Crippen LogP contribution is -2.13. The highest BCUT2D eigenvalue weighted by atomic mass is 79.9. The fraction of sp³-hybridized carbons (Fsp3) is 0.400. The van der Waals surface area contributed by atoms with Gasteiger partial charge in [-0.1, -0.05) is 35.2 Å². The number of hydrogen-bond acceptors (Lipinski definition) is 2. The molecule has 0 unspecified atom stereocenters. The summed E-state index contributed by atoms with van der Waals surface area (Å²) >= 11 is 3.36. The molecular formula is C15H17BrFN3. The Morgan fingerprint density at radius 2 is 2.00 bits per heavy atom. The third-order valence-corrected chi connectivity index (χ3v) is 4.39. The predicted octanol–water partition coefficient (Wildman–Crippen LogP) is 4.54. The molecule has 106 valence electrons. The molecule has 0 bridgehead atoms. The van der Waals surface area contributed by atoms with E-state index in [4.69, 9.17) is 5.73 Å². The molecule has 0 atom stereocenters. The Bertz CT molecular complexity index is 618. The first-order valence-electron chi connectivity index (χ1n) is 6.95. The maximum Gasteiger partial charge on any atom is 0.132 e. The predicted molar refractivity (Wildman–Crippen MR) is 81.9 cm³/mol. The average Bonchev–Trinajstić information content (AvgIpc) is 2.84. The Morgan fingerprint density at radius 1 is 1.25 bits per heavy atom. The molecule has 0 amide bonds. The molecule has 3 nitrogen and oxygen atoms in total. The van der Waals surface area contributed by atoms with Crippen LogP contribution in [0.25, 0.3) is 11.3 Å². The Balaban J connectivity index is 1.98. The molecule has 1 aromatic heterocycles. The third kappa shape index (κ3) is 2.59. The number of hydrogen-bond donors (Lipinski definition) is 1. The number of nitrogen functional groups attached to an aromatic ring is 1. The molecule has 2 N–H and O–H groups in total. The maximum atomic E-state index is 14.0. The monoisotopic (exact) mass is 337 g/mol. The highest BCUT2D eigenvalue weighted by molar-refractivity contribution is 9.10. The highest BCUT2D eigenvalue weighted by Gasteiger charge is 2.19. The van der Waals surface area contributed by atoms with Crippen molar-refractivity contribution in [1.29, 1.82) is 0 Å². The van der Waals surface area contributed by atoms with Gasteiger partial charge in [-0.3, -0.25) is 4.68 Å². The first kappa shape index (κ1) is 13.6. The van der Waals surface area contributed by atoms with E-state index in [0.717, 1.165) is 17.3 Å². The Hall–Kier alpha value is -1.36. The van der Waals surface area contributed by atoms with E-state index in [9.17, 15) is 4.39 Å². The number of rotatable bonds is 2. The van der Waals surface area contributed by atoms with Crippen molar-refractivity contribution in [2.45, 2.75) is 38.1 Å². The van der Waals surface area contributed by atoms with Crippen molar-refractivity contribution in [2.75, 3.05) is 5.73 Å². The second kappa shape index (κ2) is 5.56. The Labute approximate surface area is 126 Å². The first-order chi connectivity index (χ1) is 9.65. The molecule has 20 heavy (non-hydrogen) atoms. The van der Waals surface area contributed by atoms with Gasteiger partial charge < -0.3 is 5.73 Å². The Kier molecular flexibility index (Phi) is 3.78. The van der Waals surface area contributed by atoms with E-state index in [0.29, 0.717) is 23.0 Å². The van der Waals surface area contributed by atoms with Gasteiger partial charge in [0.05, 0.1) is 11.7 Å².